The highest BCUT2D eigenvalue weighted by atomic mass is 32.2. The maximum absolute atomic E-state index is 12.3. The molecule has 0 aliphatic heterocycles. The standard InChI is InChI=1S/C21H17N5OS2/c1-12-13(2)29-21(15(12)9-22)26-18(27)11-28-19-8-7-14(10-23-19)20-24-16-5-3-4-6-17(16)25-20/h3-8,10H,11H2,1-2H3,(H,24,25)(H,26,27). The second-order valence-corrected chi connectivity index (χ2v) is 8.64. The van der Waals surface area contributed by atoms with Crippen LogP contribution in [0.1, 0.15) is 16.0 Å². The maximum Gasteiger partial charge on any atom is 0.235 e. The fourth-order valence-electron chi connectivity index (χ4n) is 2.85. The van der Waals surface area contributed by atoms with E-state index in [2.05, 4.69) is 26.3 Å². The van der Waals surface area contributed by atoms with E-state index >= 15 is 0 Å². The highest BCUT2D eigenvalue weighted by molar-refractivity contribution is 7.99. The third-order valence-corrected chi connectivity index (χ3v) is 6.57. The van der Waals surface area contributed by atoms with Crippen LogP contribution in [-0.4, -0.2) is 26.6 Å². The first-order chi connectivity index (χ1) is 14.0. The lowest BCUT2D eigenvalue weighted by Gasteiger charge is -2.04. The van der Waals surface area contributed by atoms with E-state index < -0.39 is 0 Å². The predicted octanol–water partition coefficient (Wildman–Crippen LogP) is 4.91. The van der Waals surface area contributed by atoms with E-state index in [-0.39, 0.29) is 11.7 Å². The van der Waals surface area contributed by atoms with Gasteiger partial charge in [-0.25, -0.2) is 9.97 Å². The molecule has 0 saturated carbocycles. The summed E-state index contributed by atoms with van der Waals surface area (Å²) < 4.78 is 0. The van der Waals surface area contributed by atoms with Gasteiger partial charge in [-0.1, -0.05) is 23.9 Å². The molecule has 8 heteroatoms. The van der Waals surface area contributed by atoms with Gasteiger partial charge in [0.05, 0.1) is 27.4 Å². The average Bonchev–Trinajstić information content (AvgIpc) is 3.27. The highest BCUT2D eigenvalue weighted by Gasteiger charge is 2.15. The number of hydrogen-bond donors (Lipinski definition) is 2. The molecule has 6 nitrogen and oxygen atoms in total. The van der Waals surface area contributed by atoms with Crippen LogP contribution in [0.25, 0.3) is 22.4 Å². The maximum atomic E-state index is 12.3. The lowest BCUT2D eigenvalue weighted by molar-refractivity contribution is -0.113. The van der Waals surface area contributed by atoms with E-state index in [0.717, 1.165) is 37.9 Å². The summed E-state index contributed by atoms with van der Waals surface area (Å²) in [6.07, 6.45) is 1.75. The fourth-order valence-corrected chi connectivity index (χ4v) is 4.52. The van der Waals surface area contributed by atoms with Gasteiger partial charge in [0.15, 0.2) is 0 Å². The Labute approximate surface area is 176 Å². The van der Waals surface area contributed by atoms with Crippen LogP contribution in [0.15, 0.2) is 47.6 Å². The second-order valence-electron chi connectivity index (χ2n) is 6.42. The molecule has 1 aromatic carbocycles. The molecule has 29 heavy (non-hydrogen) atoms. The Hall–Kier alpha value is -3.15. The highest BCUT2D eigenvalue weighted by Crippen LogP contribution is 2.32. The third kappa shape index (κ3) is 4.01. The molecule has 3 heterocycles. The van der Waals surface area contributed by atoms with Crippen molar-refractivity contribution in [1.82, 2.24) is 15.0 Å². The monoisotopic (exact) mass is 419 g/mol. The van der Waals surface area contributed by atoms with Crippen LogP contribution in [0.4, 0.5) is 5.00 Å². The van der Waals surface area contributed by atoms with E-state index in [0.29, 0.717) is 10.6 Å². The summed E-state index contributed by atoms with van der Waals surface area (Å²) in [6.45, 7) is 3.83. The van der Waals surface area contributed by atoms with Gasteiger partial charge in [0.2, 0.25) is 5.91 Å². The molecule has 144 valence electrons. The smallest absolute Gasteiger partial charge is 0.235 e. The number of aromatic nitrogens is 3. The van der Waals surface area contributed by atoms with Crippen molar-refractivity contribution in [3.05, 3.63) is 58.6 Å². The quantitative estimate of drug-likeness (QED) is 0.448. The van der Waals surface area contributed by atoms with Gasteiger partial charge >= 0.3 is 0 Å². The van der Waals surface area contributed by atoms with Crippen LogP contribution < -0.4 is 5.32 Å². The Morgan fingerprint density at radius 2 is 2.10 bits per heavy atom. The summed E-state index contributed by atoms with van der Waals surface area (Å²) in [7, 11) is 0. The first-order valence-corrected chi connectivity index (χ1v) is 10.7. The van der Waals surface area contributed by atoms with Crippen LogP contribution in [0.2, 0.25) is 0 Å². The van der Waals surface area contributed by atoms with Gasteiger partial charge in [0, 0.05) is 16.6 Å². The normalized spacial score (nSPS) is 10.8. The number of benzene rings is 1. The number of thiophene rings is 1. The summed E-state index contributed by atoms with van der Waals surface area (Å²) in [4.78, 5) is 25.6. The van der Waals surface area contributed by atoms with Crippen LogP contribution in [0.3, 0.4) is 0 Å². The van der Waals surface area contributed by atoms with Gasteiger partial charge < -0.3 is 10.3 Å². The van der Waals surface area contributed by atoms with Gasteiger partial charge in [-0.3, -0.25) is 4.79 Å². The van der Waals surface area contributed by atoms with Crippen molar-refractivity contribution < 1.29 is 4.79 Å². The number of nitrogens with one attached hydrogen (secondary N) is 2. The molecule has 2 N–H and O–H groups in total. The zero-order chi connectivity index (χ0) is 20.4. The van der Waals surface area contributed by atoms with Crippen molar-refractivity contribution >= 4 is 45.0 Å². The molecule has 0 bridgehead atoms. The molecular formula is C21H17N5OS2. The van der Waals surface area contributed by atoms with Gasteiger partial charge in [-0.2, -0.15) is 5.26 Å². The molecule has 4 aromatic rings. The number of pyridine rings is 1. The number of para-hydroxylation sites is 2. The number of anilines is 1. The predicted molar refractivity (Wildman–Crippen MR) is 117 cm³/mol. The number of amides is 1. The summed E-state index contributed by atoms with van der Waals surface area (Å²) in [5, 5.41) is 13.5. The Morgan fingerprint density at radius 1 is 1.28 bits per heavy atom. The number of carbonyl (C=O) groups excluding carboxylic acids is 1. The van der Waals surface area contributed by atoms with Crippen LogP contribution in [0.5, 0.6) is 0 Å². The van der Waals surface area contributed by atoms with E-state index in [9.17, 15) is 10.1 Å². The van der Waals surface area contributed by atoms with Crippen molar-refractivity contribution in [2.45, 2.75) is 18.9 Å². The molecule has 0 spiro atoms. The summed E-state index contributed by atoms with van der Waals surface area (Å²) >= 11 is 2.78. The SMILES string of the molecule is Cc1sc(NC(=O)CSc2ccc(-c3nc4ccccc4[nH]3)cn2)c(C#N)c1C. The van der Waals surface area contributed by atoms with Crippen molar-refractivity contribution in [1.29, 1.82) is 5.26 Å². The summed E-state index contributed by atoms with van der Waals surface area (Å²) in [6, 6.07) is 13.8. The first-order valence-electron chi connectivity index (χ1n) is 8.89. The largest absolute Gasteiger partial charge is 0.338 e. The third-order valence-electron chi connectivity index (χ3n) is 4.50. The number of hydrogen-bond acceptors (Lipinski definition) is 6. The number of H-pyrrole nitrogens is 1. The number of aryl methyl sites for hydroxylation is 1. The second kappa shape index (κ2) is 8.07. The number of imidazole rings is 1. The fraction of sp³-hybridized carbons (Fsp3) is 0.143. The Balaban J connectivity index is 1.40. The number of aromatic amines is 1. The zero-order valence-electron chi connectivity index (χ0n) is 15.8. The molecule has 1 amide bonds. The van der Waals surface area contributed by atoms with Gasteiger partial charge in [0.1, 0.15) is 16.9 Å². The minimum atomic E-state index is -0.157. The van der Waals surface area contributed by atoms with E-state index in [4.69, 9.17) is 0 Å². The van der Waals surface area contributed by atoms with Crippen LogP contribution in [-0.2, 0) is 4.79 Å². The Morgan fingerprint density at radius 3 is 2.83 bits per heavy atom. The lowest BCUT2D eigenvalue weighted by Crippen LogP contribution is -2.14. The minimum absolute atomic E-state index is 0.157. The first kappa shape index (κ1) is 19.2. The molecule has 3 aromatic heterocycles. The van der Waals surface area contributed by atoms with E-state index in [1.165, 1.54) is 23.1 Å². The average molecular weight is 420 g/mol. The van der Waals surface area contributed by atoms with E-state index in [1.54, 1.807) is 6.20 Å². The van der Waals surface area contributed by atoms with Crippen LogP contribution in [0, 0.1) is 25.2 Å². The number of fused-ring (bicyclic) bond motifs is 1. The molecule has 0 aliphatic carbocycles. The summed E-state index contributed by atoms with van der Waals surface area (Å²) in [5.74, 6) is 0.828. The lowest BCUT2D eigenvalue weighted by atomic mass is 10.2. The van der Waals surface area contributed by atoms with Crippen LogP contribution >= 0.6 is 23.1 Å². The Kier molecular flexibility index (Phi) is 5.34. The molecule has 4 rings (SSSR count). The summed E-state index contributed by atoms with van der Waals surface area (Å²) in [5.41, 5.74) is 4.24. The number of rotatable bonds is 5. The number of nitriles is 1. The van der Waals surface area contributed by atoms with Gasteiger partial charge in [-0.05, 0) is 43.7 Å². The molecule has 0 fully saturated rings. The molecule has 0 aliphatic rings. The van der Waals surface area contributed by atoms with Gasteiger partial charge in [0.25, 0.3) is 0 Å². The topological polar surface area (TPSA) is 94.5 Å². The van der Waals surface area contributed by atoms with Crippen molar-refractivity contribution in [3.63, 3.8) is 0 Å². The molecule has 0 radical (unpaired) electrons. The van der Waals surface area contributed by atoms with Crippen molar-refractivity contribution in [3.8, 4) is 17.5 Å². The molecular weight excluding hydrogens is 402 g/mol. The molecule has 0 saturated heterocycles. The number of thioether (sulfide) groups is 1. The number of nitrogens with zero attached hydrogens (tertiary/aromatic N) is 3. The van der Waals surface area contributed by atoms with E-state index in [1.807, 2.05) is 50.2 Å². The van der Waals surface area contributed by atoms with Crippen molar-refractivity contribution in [2.24, 2.45) is 0 Å². The zero-order valence-corrected chi connectivity index (χ0v) is 17.4. The minimum Gasteiger partial charge on any atom is -0.338 e. The molecule has 0 unspecified atom stereocenters. The Bertz CT molecular complexity index is 1200. The van der Waals surface area contributed by atoms with Gasteiger partial charge in [-0.15, -0.1) is 11.3 Å². The molecule has 0 atom stereocenters. The van der Waals surface area contributed by atoms with Crippen molar-refractivity contribution in [2.75, 3.05) is 11.1 Å². The number of carbonyl (C=O) groups is 1.